The number of aromatic nitrogens is 2. The third-order valence-electron chi connectivity index (χ3n) is 9.29. The van der Waals surface area contributed by atoms with Crippen LogP contribution in [0.15, 0.2) is 170 Å². The second kappa shape index (κ2) is 16.8. The molecule has 271 valence electrons. The zero-order chi connectivity index (χ0) is 43.9. The zero-order valence-electron chi connectivity index (χ0n) is 38.4. The van der Waals surface area contributed by atoms with Crippen molar-refractivity contribution in [2.75, 3.05) is 0 Å². The average molecular weight is 974 g/mol. The van der Waals surface area contributed by atoms with Crippen LogP contribution in [0.1, 0.15) is 16.5 Å². The van der Waals surface area contributed by atoms with Crippen LogP contribution >= 0.6 is 11.3 Å². The predicted molar refractivity (Wildman–Crippen MR) is 234 cm³/mol. The number of thiophene rings is 1. The molecule has 3 aromatic heterocycles. The number of hydrogen-bond acceptors (Lipinski definition) is 3. The van der Waals surface area contributed by atoms with Crippen molar-refractivity contribution in [2.45, 2.75) is 24.1 Å². The van der Waals surface area contributed by atoms with Gasteiger partial charge in [-0.1, -0.05) is 84.1 Å². The number of fused-ring (bicyclic) bond motifs is 3. The molecule has 9 rings (SSSR count). The standard InChI is InChI=1S/C29H18NS.C21H22GeN.Ir/c1-3-8-20(9-4-1)22-14-15-24-25-12-7-13-26(29(25)31-28(24)19-22)27-18-23(16-17-30-27)21-10-5-2-6-11-21;1-16-10-11-18(14-20(16)17-8-6-5-7-9-17)21-13-12-19(15-23-21)22(2,3)4;/h1-12,14-19H;5-10,12-15H,1-4H3;/q2*-1;/i2D,5D,6D,10D,11D;1D3;. The fraction of sp³-hybridized carbons (Fsp3) is 0.0800. The summed E-state index contributed by atoms with van der Waals surface area (Å²) in [7, 11) is 0. The number of hydrogen-bond donors (Lipinski definition) is 0. The van der Waals surface area contributed by atoms with Crippen LogP contribution < -0.4 is 4.40 Å². The Labute approximate surface area is 356 Å². The van der Waals surface area contributed by atoms with Crippen molar-refractivity contribution in [2.24, 2.45) is 0 Å². The fourth-order valence-corrected chi connectivity index (χ4v) is 9.77. The first kappa shape index (κ1) is 29.3. The van der Waals surface area contributed by atoms with E-state index in [-0.39, 0.29) is 49.8 Å². The summed E-state index contributed by atoms with van der Waals surface area (Å²) in [6, 6.07) is 46.3. The molecule has 0 aliphatic rings. The van der Waals surface area contributed by atoms with Crippen molar-refractivity contribution in [3.63, 3.8) is 0 Å². The number of benzene rings is 6. The Bertz CT molecular complexity index is 3070. The summed E-state index contributed by atoms with van der Waals surface area (Å²) >= 11 is -0.229. The molecule has 2 nitrogen and oxygen atoms in total. The molecule has 0 atom stereocenters. The quantitative estimate of drug-likeness (QED) is 0.123. The van der Waals surface area contributed by atoms with Crippen molar-refractivity contribution in [3.8, 4) is 55.9 Å². The summed E-state index contributed by atoms with van der Waals surface area (Å²) in [5.74, 6) is 7.00. The molecule has 55 heavy (non-hydrogen) atoms. The minimum absolute atomic E-state index is 0. The molecular formula is C50H40GeIrN2S-2. The molecule has 0 aliphatic heterocycles. The predicted octanol–water partition coefficient (Wildman–Crippen LogP) is 13.3. The van der Waals surface area contributed by atoms with Crippen LogP contribution in [0.4, 0.5) is 0 Å². The molecule has 0 N–H and O–H groups in total. The normalized spacial score (nSPS) is 13.4. The largest absolute Gasteiger partial charge is 0.305 e. The molecule has 0 aliphatic carbocycles. The summed E-state index contributed by atoms with van der Waals surface area (Å²) in [5, 5.41) is 2.27. The van der Waals surface area contributed by atoms with E-state index >= 15 is 0 Å². The maximum atomic E-state index is 8.34. The Morgan fingerprint density at radius 3 is 2.11 bits per heavy atom. The maximum absolute atomic E-state index is 8.34. The molecule has 5 heteroatoms. The van der Waals surface area contributed by atoms with Crippen LogP contribution in [0.5, 0.6) is 0 Å². The van der Waals surface area contributed by atoms with Crippen molar-refractivity contribution in [1.82, 2.24) is 9.97 Å². The average Bonchev–Trinajstić information content (AvgIpc) is 3.66. The molecule has 3 heterocycles. The molecule has 9 aromatic rings. The number of aryl methyl sites for hydroxylation is 1. The Morgan fingerprint density at radius 1 is 0.655 bits per heavy atom. The summed E-state index contributed by atoms with van der Waals surface area (Å²) < 4.78 is 67.7. The number of pyridine rings is 2. The summed E-state index contributed by atoms with van der Waals surface area (Å²) in [6.07, 6.45) is 3.57. The van der Waals surface area contributed by atoms with Crippen molar-refractivity contribution in [1.29, 1.82) is 0 Å². The number of nitrogens with zero attached hydrogens (tertiary/aromatic N) is 2. The third kappa shape index (κ3) is 8.49. The van der Waals surface area contributed by atoms with Crippen molar-refractivity contribution < 1.29 is 31.1 Å². The van der Waals surface area contributed by atoms with Gasteiger partial charge in [-0.3, -0.25) is 0 Å². The van der Waals surface area contributed by atoms with Crippen LogP contribution in [0.3, 0.4) is 0 Å². The Morgan fingerprint density at radius 2 is 1.40 bits per heavy atom. The van der Waals surface area contributed by atoms with Crippen molar-refractivity contribution >= 4 is 49.2 Å². The van der Waals surface area contributed by atoms with Gasteiger partial charge in [0, 0.05) is 31.0 Å². The zero-order valence-corrected chi connectivity index (χ0v) is 35.7. The van der Waals surface area contributed by atoms with Gasteiger partial charge in [0.25, 0.3) is 0 Å². The second-order valence-corrected chi connectivity index (χ2v) is 25.6. The molecule has 0 unspecified atom stereocenters. The minimum atomic E-state index is -2.18. The summed E-state index contributed by atoms with van der Waals surface area (Å²) in [4.78, 5) is 9.18. The van der Waals surface area contributed by atoms with Gasteiger partial charge in [-0.25, -0.2) is 0 Å². The molecular weight excluding hydrogens is 925 g/mol. The molecule has 0 spiro atoms. The molecule has 0 bridgehead atoms. The van der Waals surface area contributed by atoms with E-state index < -0.39 is 26.2 Å². The van der Waals surface area contributed by atoms with E-state index in [4.69, 9.17) is 11.0 Å². The Hall–Kier alpha value is -4.97. The van der Waals surface area contributed by atoms with Gasteiger partial charge >= 0.3 is 146 Å². The Kier molecular flexibility index (Phi) is 8.97. The molecule has 1 radical (unpaired) electrons. The monoisotopic (exact) mass is 975 g/mol. The van der Waals surface area contributed by atoms with Gasteiger partial charge in [-0.15, -0.1) is 23.8 Å². The van der Waals surface area contributed by atoms with Gasteiger partial charge in [-0.2, -0.15) is 11.3 Å². The van der Waals surface area contributed by atoms with Gasteiger partial charge in [0.2, 0.25) is 0 Å². The van der Waals surface area contributed by atoms with Gasteiger partial charge in [0.1, 0.15) is 0 Å². The molecule has 0 fully saturated rings. The number of rotatable bonds is 6. The van der Waals surface area contributed by atoms with Crippen LogP contribution in [0.2, 0.25) is 17.3 Å². The molecule has 0 saturated carbocycles. The van der Waals surface area contributed by atoms with Gasteiger partial charge in [0.15, 0.2) is 0 Å². The summed E-state index contributed by atoms with van der Waals surface area (Å²) in [6.45, 7) is -2.18. The van der Waals surface area contributed by atoms with Gasteiger partial charge in [0.05, 0.1) is 6.85 Å². The smallest absolute Gasteiger partial charge is 0.0629 e. The van der Waals surface area contributed by atoms with E-state index in [2.05, 4.69) is 81.8 Å². The first-order valence-electron chi connectivity index (χ1n) is 21.6. The van der Waals surface area contributed by atoms with E-state index in [1.165, 1.54) is 4.40 Å². The fourth-order valence-electron chi connectivity index (χ4n) is 6.35. The topological polar surface area (TPSA) is 25.8 Å². The minimum Gasteiger partial charge on any atom is -0.305 e. The molecule has 0 amide bonds. The summed E-state index contributed by atoms with van der Waals surface area (Å²) in [5.41, 5.74) is 8.00. The van der Waals surface area contributed by atoms with E-state index in [1.807, 2.05) is 72.9 Å². The van der Waals surface area contributed by atoms with Crippen LogP contribution in [0.25, 0.3) is 76.1 Å². The second-order valence-electron chi connectivity index (χ2n) is 13.9. The first-order chi connectivity index (χ1) is 29.6. The van der Waals surface area contributed by atoms with Crippen molar-refractivity contribution in [3.05, 3.63) is 188 Å². The van der Waals surface area contributed by atoms with E-state index in [0.717, 1.165) is 53.7 Å². The molecule has 0 saturated heterocycles. The third-order valence-corrected chi connectivity index (χ3v) is 14.7. The Balaban J connectivity index is 0.000000196. The van der Waals surface area contributed by atoms with Crippen LogP contribution in [-0.4, -0.2) is 23.2 Å². The maximum Gasteiger partial charge on any atom is 0.0629 e. The van der Waals surface area contributed by atoms with E-state index in [1.54, 1.807) is 35.7 Å². The van der Waals surface area contributed by atoms with Gasteiger partial charge in [-0.05, 0) is 50.2 Å². The SMILES string of the molecule is [2H]C([2H])([2H])c1c[c-]c(-c2cc[c]([Ge]([CH3])([CH3])[CH3])cn2)cc1-c1ccccc1.[2H]c1c([2H])c([2H])c(-c2ccnc(-c3[c-]ccc4c3sc3cc(-c5ccccc5)ccc34)c2)c([2H])c1[2H].[Ir]. The van der Waals surface area contributed by atoms with Crippen LogP contribution in [-0.2, 0) is 20.1 Å². The first-order valence-corrected chi connectivity index (χ1v) is 25.8. The van der Waals surface area contributed by atoms with E-state index in [0.29, 0.717) is 22.4 Å². The van der Waals surface area contributed by atoms with Crippen LogP contribution in [0, 0.1) is 19.0 Å². The van der Waals surface area contributed by atoms with Gasteiger partial charge < -0.3 is 4.98 Å². The molecule has 6 aromatic carbocycles. The van der Waals surface area contributed by atoms with E-state index in [9.17, 15) is 0 Å².